The Morgan fingerprint density at radius 2 is 1.86 bits per heavy atom. The van der Waals surface area contributed by atoms with Crippen molar-refractivity contribution in [2.45, 2.75) is 19.3 Å². The van der Waals surface area contributed by atoms with Crippen LogP contribution in [-0.4, -0.2) is 43.1 Å². The minimum atomic E-state index is -0.153. The lowest BCUT2D eigenvalue weighted by Crippen LogP contribution is -2.34. The summed E-state index contributed by atoms with van der Waals surface area (Å²) in [7, 11) is 0. The molecule has 2 amide bonds. The fourth-order valence-corrected chi connectivity index (χ4v) is 4.49. The average Bonchev–Trinajstić information content (AvgIpc) is 3.41. The zero-order valence-corrected chi connectivity index (χ0v) is 15.6. The van der Waals surface area contributed by atoms with Crippen LogP contribution >= 0.6 is 0 Å². The minimum Gasteiger partial charge on any atom is -0.454 e. The van der Waals surface area contributed by atoms with E-state index in [1.54, 1.807) is 0 Å². The van der Waals surface area contributed by atoms with Gasteiger partial charge in [-0.05, 0) is 24.1 Å². The van der Waals surface area contributed by atoms with Gasteiger partial charge in [-0.2, -0.15) is 0 Å². The maximum Gasteiger partial charge on any atom is 0.231 e. The number of carbonyl (C=O) groups excluding carboxylic acids is 2. The Bertz CT molecular complexity index is 929. The molecule has 0 aliphatic carbocycles. The second-order valence-corrected chi connectivity index (χ2v) is 7.92. The Morgan fingerprint density at radius 3 is 2.71 bits per heavy atom. The Kier molecular flexibility index (Phi) is 4.00. The monoisotopic (exact) mass is 378 g/mol. The molecule has 0 aromatic heterocycles. The lowest BCUT2D eigenvalue weighted by atomic mass is 9.86. The molecule has 2 aromatic carbocycles. The number of fused-ring (bicyclic) bond motifs is 1. The molecule has 0 N–H and O–H groups in total. The summed E-state index contributed by atoms with van der Waals surface area (Å²) in [6.45, 7) is 2.22. The third-order valence-corrected chi connectivity index (χ3v) is 5.98. The molecule has 6 nitrogen and oxygen atoms in total. The van der Waals surface area contributed by atoms with Gasteiger partial charge in [-0.25, -0.2) is 0 Å². The maximum atomic E-state index is 12.8. The molecule has 144 valence electrons. The van der Waals surface area contributed by atoms with Gasteiger partial charge >= 0.3 is 0 Å². The van der Waals surface area contributed by atoms with Crippen LogP contribution in [0.1, 0.15) is 18.4 Å². The van der Waals surface area contributed by atoms with Crippen molar-refractivity contribution in [2.24, 2.45) is 5.41 Å². The normalized spacial score (nSPS) is 23.1. The van der Waals surface area contributed by atoms with E-state index in [1.165, 1.54) is 0 Å². The van der Waals surface area contributed by atoms with E-state index in [0.29, 0.717) is 44.0 Å². The molecular formula is C22H22N2O4. The van der Waals surface area contributed by atoms with Crippen LogP contribution in [-0.2, 0) is 16.0 Å². The van der Waals surface area contributed by atoms with E-state index in [-0.39, 0.29) is 24.0 Å². The fraction of sp³-hybridized carbons (Fsp3) is 0.364. The molecule has 0 bridgehead atoms. The van der Waals surface area contributed by atoms with Gasteiger partial charge < -0.3 is 19.3 Å². The molecule has 0 radical (unpaired) electrons. The zero-order chi connectivity index (χ0) is 19.1. The fourth-order valence-electron chi connectivity index (χ4n) is 4.49. The molecule has 3 aliphatic rings. The van der Waals surface area contributed by atoms with Crippen LogP contribution in [0.25, 0.3) is 0 Å². The highest BCUT2D eigenvalue weighted by molar-refractivity contribution is 5.97. The molecule has 0 saturated carbocycles. The average molecular weight is 378 g/mol. The summed E-state index contributed by atoms with van der Waals surface area (Å²) in [6.07, 6.45) is 1.76. The summed E-state index contributed by atoms with van der Waals surface area (Å²) in [5, 5.41) is 0. The number of ether oxygens (including phenoxy) is 2. The number of nitrogens with zero attached hydrogens (tertiary/aromatic N) is 2. The van der Waals surface area contributed by atoms with E-state index in [9.17, 15) is 9.59 Å². The first-order valence-electron chi connectivity index (χ1n) is 9.64. The first kappa shape index (κ1) is 17.1. The number of amides is 2. The van der Waals surface area contributed by atoms with E-state index < -0.39 is 0 Å². The maximum absolute atomic E-state index is 12.8. The quantitative estimate of drug-likeness (QED) is 0.824. The summed E-state index contributed by atoms with van der Waals surface area (Å²) in [5.74, 6) is 1.63. The topological polar surface area (TPSA) is 59.1 Å². The summed E-state index contributed by atoms with van der Waals surface area (Å²) < 4.78 is 10.8. The van der Waals surface area contributed by atoms with Gasteiger partial charge in [-0.3, -0.25) is 9.59 Å². The van der Waals surface area contributed by atoms with Crippen LogP contribution in [0, 0.1) is 5.41 Å². The summed E-state index contributed by atoms with van der Waals surface area (Å²) >= 11 is 0. The highest BCUT2D eigenvalue weighted by atomic mass is 16.7. The van der Waals surface area contributed by atoms with Crippen molar-refractivity contribution < 1.29 is 19.1 Å². The van der Waals surface area contributed by atoms with Crippen molar-refractivity contribution in [1.82, 2.24) is 4.90 Å². The number of carbonyl (C=O) groups is 2. The van der Waals surface area contributed by atoms with Gasteiger partial charge in [-0.1, -0.05) is 30.3 Å². The smallest absolute Gasteiger partial charge is 0.231 e. The van der Waals surface area contributed by atoms with Crippen LogP contribution in [0.3, 0.4) is 0 Å². The standard InChI is InChI=1S/C22H22N2O4/c25-20(10-16-4-2-1-3-5-16)23-9-8-22(13-23)12-21(26)24(14-22)17-6-7-18-19(11-17)28-15-27-18/h1-7,11H,8-10,12-15H2/t22-/m1/s1. The second-order valence-electron chi connectivity index (χ2n) is 7.92. The first-order chi connectivity index (χ1) is 13.6. The van der Waals surface area contributed by atoms with Gasteiger partial charge in [0.1, 0.15) is 0 Å². The molecule has 3 heterocycles. The van der Waals surface area contributed by atoms with E-state index in [0.717, 1.165) is 17.7 Å². The molecule has 6 heteroatoms. The third-order valence-electron chi connectivity index (χ3n) is 5.98. The van der Waals surface area contributed by atoms with Gasteiger partial charge in [0.05, 0.1) is 6.42 Å². The Balaban J connectivity index is 1.28. The number of hydrogen-bond donors (Lipinski definition) is 0. The van der Waals surface area contributed by atoms with Crippen molar-refractivity contribution in [3.8, 4) is 11.5 Å². The van der Waals surface area contributed by atoms with Crippen LogP contribution in [0.15, 0.2) is 48.5 Å². The van der Waals surface area contributed by atoms with E-state index in [1.807, 2.05) is 58.3 Å². The largest absolute Gasteiger partial charge is 0.454 e. The Hall–Kier alpha value is -3.02. The molecule has 2 saturated heterocycles. The van der Waals surface area contributed by atoms with Gasteiger partial charge in [-0.15, -0.1) is 0 Å². The van der Waals surface area contributed by atoms with Gasteiger partial charge in [0.25, 0.3) is 0 Å². The van der Waals surface area contributed by atoms with Gasteiger partial charge in [0.2, 0.25) is 18.6 Å². The molecule has 2 fully saturated rings. The van der Waals surface area contributed by atoms with Crippen molar-refractivity contribution in [1.29, 1.82) is 0 Å². The number of rotatable bonds is 3. The molecule has 1 atom stereocenters. The van der Waals surface area contributed by atoms with Crippen molar-refractivity contribution in [2.75, 3.05) is 31.3 Å². The molecule has 1 spiro atoms. The molecule has 28 heavy (non-hydrogen) atoms. The lowest BCUT2D eigenvalue weighted by molar-refractivity contribution is -0.130. The Morgan fingerprint density at radius 1 is 1.04 bits per heavy atom. The molecule has 5 rings (SSSR count). The third kappa shape index (κ3) is 2.99. The van der Waals surface area contributed by atoms with Crippen LogP contribution in [0.2, 0.25) is 0 Å². The molecule has 0 unspecified atom stereocenters. The predicted octanol–water partition coefficient (Wildman–Crippen LogP) is 2.61. The van der Waals surface area contributed by atoms with E-state index >= 15 is 0 Å². The SMILES string of the molecule is O=C(Cc1ccccc1)N1CC[C@@]2(CC(=O)N(c3ccc4c(c3)OCO4)C2)C1. The van der Waals surface area contributed by atoms with Crippen molar-refractivity contribution >= 4 is 17.5 Å². The van der Waals surface area contributed by atoms with Crippen molar-refractivity contribution in [3.05, 3.63) is 54.1 Å². The number of hydrogen-bond acceptors (Lipinski definition) is 4. The summed E-state index contributed by atoms with van der Waals surface area (Å²) in [4.78, 5) is 29.2. The highest BCUT2D eigenvalue weighted by Crippen LogP contribution is 2.44. The molecule has 2 aromatic rings. The van der Waals surface area contributed by atoms with E-state index in [2.05, 4.69) is 0 Å². The number of likely N-dealkylation sites (tertiary alicyclic amines) is 1. The Labute approximate surface area is 163 Å². The number of benzene rings is 2. The summed E-state index contributed by atoms with van der Waals surface area (Å²) in [5.41, 5.74) is 1.71. The lowest BCUT2D eigenvalue weighted by Gasteiger charge is -2.24. The van der Waals surface area contributed by atoms with Gasteiger partial charge in [0.15, 0.2) is 11.5 Å². The molecule has 3 aliphatic heterocycles. The van der Waals surface area contributed by atoms with Crippen LogP contribution in [0.5, 0.6) is 11.5 Å². The zero-order valence-electron chi connectivity index (χ0n) is 15.6. The van der Waals surface area contributed by atoms with Crippen molar-refractivity contribution in [3.63, 3.8) is 0 Å². The van der Waals surface area contributed by atoms with Gasteiger partial charge in [0, 0.05) is 43.2 Å². The summed E-state index contributed by atoms with van der Waals surface area (Å²) in [6, 6.07) is 15.4. The number of anilines is 1. The van der Waals surface area contributed by atoms with Crippen LogP contribution in [0.4, 0.5) is 5.69 Å². The highest BCUT2D eigenvalue weighted by Gasteiger charge is 2.48. The van der Waals surface area contributed by atoms with E-state index in [4.69, 9.17) is 9.47 Å². The first-order valence-corrected chi connectivity index (χ1v) is 9.64. The predicted molar refractivity (Wildman–Crippen MR) is 103 cm³/mol. The minimum absolute atomic E-state index is 0.108. The van der Waals surface area contributed by atoms with Crippen LogP contribution < -0.4 is 14.4 Å². The molecular weight excluding hydrogens is 356 g/mol. The second kappa shape index (κ2) is 6.55.